The van der Waals surface area contributed by atoms with Gasteiger partial charge in [-0.1, -0.05) is 6.07 Å². The quantitative estimate of drug-likeness (QED) is 0.618. The summed E-state index contributed by atoms with van der Waals surface area (Å²) in [6, 6.07) is 5.63. The Balaban J connectivity index is 2.97. The average Bonchev–Trinajstić information content (AvgIpc) is 2.09. The van der Waals surface area contributed by atoms with E-state index in [9.17, 15) is 0 Å². The molecule has 0 saturated heterocycles. The molecular formula is C8H11BrN2O. The van der Waals surface area contributed by atoms with Crippen molar-refractivity contribution in [3.8, 4) is 5.75 Å². The van der Waals surface area contributed by atoms with Crippen LogP contribution in [0, 0.1) is 0 Å². The minimum Gasteiger partial charge on any atom is -0.493 e. The number of nitrogens with two attached hydrogens (primary N) is 1. The predicted octanol–water partition coefficient (Wildman–Crippen LogP) is 2.13. The molecule has 12 heavy (non-hydrogen) atoms. The zero-order valence-electron chi connectivity index (χ0n) is 6.80. The monoisotopic (exact) mass is 230 g/mol. The van der Waals surface area contributed by atoms with E-state index >= 15 is 0 Å². The maximum Gasteiger partial charge on any atom is 0.135 e. The first-order valence-corrected chi connectivity index (χ1v) is 4.46. The highest BCUT2D eigenvalue weighted by atomic mass is 79.9. The second-order valence-electron chi connectivity index (χ2n) is 2.20. The lowest BCUT2D eigenvalue weighted by Gasteiger charge is -2.08. The molecule has 0 aliphatic rings. The van der Waals surface area contributed by atoms with Gasteiger partial charge < -0.3 is 10.2 Å². The van der Waals surface area contributed by atoms with Crippen LogP contribution in [0.5, 0.6) is 5.75 Å². The van der Waals surface area contributed by atoms with Gasteiger partial charge >= 0.3 is 0 Å². The Bertz CT molecular complexity index is 265. The smallest absolute Gasteiger partial charge is 0.135 e. The molecule has 0 spiro atoms. The highest BCUT2D eigenvalue weighted by Crippen LogP contribution is 2.31. The van der Waals surface area contributed by atoms with Crippen LogP contribution in [0.25, 0.3) is 0 Å². The number of halogens is 1. The molecule has 1 aromatic rings. The molecule has 1 rings (SSSR count). The van der Waals surface area contributed by atoms with Gasteiger partial charge in [0.2, 0.25) is 0 Å². The molecule has 3 N–H and O–H groups in total. The molecule has 0 atom stereocenters. The van der Waals surface area contributed by atoms with Crippen molar-refractivity contribution in [3.63, 3.8) is 0 Å². The minimum absolute atomic E-state index is 0.645. The molecule has 0 saturated carbocycles. The van der Waals surface area contributed by atoms with E-state index in [0.29, 0.717) is 6.61 Å². The number of nitrogen functional groups attached to an aromatic ring is 1. The molecule has 0 aliphatic heterocycles. The van der Waals surface area contributed by atoms with E-state index in [1.807, 2.05) is 25.1 Å². The Labute approximate surface area is 80.0 Å². The van der Waals surface area contributed by atoms with Crippen LogP contribution in [-0.4, -0.2) is 6.61 Å². The molecule has 3 nitrogen and oxygen atoms in total. The predicted molar refractivity (Wildman–Crippen MR) is 53.1 cm³/mol. The number of nitrogens with one attached hydrogen (secondary N) is 1. The summed E-state index contributed by atoms with van der Waals surface area (Å²) in [5.41, 5.74) is 3.39. The van der Waals surface area contributed by atoms with Gasteiger partial charge in [0.15, 0.2) is 0 Å². The first kappa shape index (κ1) is 9.35. The highest BCUT2D eigenvalue weighted by molar-refractivity contribution is 9.10. The lowest BCUT2D eigenvalue weighted by Crippen LogP contribution is -2.07. The first-order chi connectivity index (χ1) is 5.79. The topological polar surface area (TPSA) is 47.3 Å². The average molecular weight is 231 g/mol. The maximum atomic E-state index is 5.34. The summed E-state index contributed by atoms with van der Waals surface area (Å²) < 4.78 is 6.19. The van der Waals surface area contributed by atoms with Crippen LogP contribution >= 0.6 is 15.9 Å². The fourth-order valence-electron chi connectivity index (χ4n) is 0.889. The van der Waals surface area contributed by atoms with Gasteiger partial charge in [-0.3, -0.25) is 5.84 Å². The van der Waals surface area contributed by atoms with E-state index < -0.39 is 0 Å². The molecule has 0 radical (unpaired) electrons. The SMILES string of the molecule is CCOc1cccc(NN)c1Br. The van der Waals surface area contributed by atoms with Crippen LogP contribution in [0.3, 0.4) is 0 Å². The lowest BCUT2D eigenvalue weighted by atomic mass is 10.3. The van der Waals surface area contributed by atoms with Crippen molar-refractivity contribution < 1.29 is 4.74 Å². The zero-order valence-corrected chi connectivity index (χ0v) is 8.39. The Morgan fingerprint density at radius 1 is 1.58 bits per heavy atom. The molecule has 0 aliphatic carbocycles. The van der Waals surface area contributed by atoms with Gasteiger partial charge in [0.1, 0.15) is 5.75 Å². The number of hydrogen-bond acceptors (Lipinski definition) is 3. The zero-order chi connectivity index (χ0) is 8.97. The molecule has 4 heteroatoms. The van der Waals surface area contributed by atoms with Crippen LogP contribution in [0.1, 0.15) is 6.92 Å². The van der Waals surface area contributed by atoms with E-state index in [2.05, 4.69) is 21.4 Å². The Kier molecular flexibility index (Phi) is 3.37. The Morgan fingerprint density at radius 3 is 2.92 bits per heavy atom. The van der Waals surface area contributed by atoms with E-state index in [4.69, 9.17) is 10.6 Å². The first-order valence-electron chi connectivity index (χ1n) is 3.67. The molecular weight excluding hydrogens is 220 g/mol. The number of hydrazine groups is 1. The van der Waals surface area contributed by atoms with Gasteiger partial charge in [0.05, 0.1) is 16.8 Å². The van der Waals surface area contributed by atoms with Gasteiger partial charge in [-0.05, 0) is 35.0 Å². The second-order valence-corrected chi connectivity index (χ2v) is 2.99. The fourth-order valence-corrected chi connectivity index (χ4v) is 1.38. The largest absolute Gasteiger partial charge is 0.493 e. The van der Waals surface area contributed by atoms with Crippen molar-refractivity contribution in [2.24, 2.45) is 5.84 Å². The molecule has 0 unspecified atom stereocenters. The third-order valence-corrected chi connectivity index (χ3v) is 2.24. The molecule has 0 bridgehead atoms. The molecule has 0 aromatic heterocycles. The molecule has 66 valence electrons. The normalized spacial score (nSPS) is 9.58. The van der Waals surface area contributed by atoms with E-state index in [0.717, 1.165) is 15.9 Å². The van der Waals surface area contributed by atoms with Crippen molar-refractivity contribution in [2.45, 2.75) is 6.92 Å². The summed E-state index contributed by atoms with van der Waals surface area (Å²) in [5, 5.41) is 0. The van der Waals surface area contributed by atoms with Crippen LogP contribution in [0.15, 0.2) is 22.7 Å². The standard InChI is InChI=1S/C8H11BrN2O/c1-2-12-7-5-3-4-6(11-10)8(7)9/h3-5,11H,2,10H2,1H3. The van der Waals surface area contributed by atoms with Gasteiger partial charge in [-0.2, -0.15) is 0 Å². The Morgan fingerprint density at radius 2 is 2.33 bits per heavy atom. The number of rotatable bonds is 3. The summed E-state index contributed by atoms with van der Waals surface area (Å²) in [5.74, 6) is 6.08. The van der Waals surface area contributed by atoms with Crippen molar-refractivity contribution >= 4 is 21.6 Å². The van der Waals surface area contributed by atoms with Gasteiger partial charge in [0.25, 0.3) is 0 Å². The Hall–Kier alpha value is -0.740. The summed E-state index contributed by atoms with van der Waals surface area (Å²) in [6.45, 7) is 2.58. The van der Waals surface area contributed by atoms with Crippen molar-refractivity contribution in [3.05, 3.63) is 22.7 Å². The number of benzene rings is 1. The fraction of sp³-hybridized carbons (Fsp3) is 0.250. The third kappa shape index (κ3) is 1.89. The van der Waals surface area contributed by atoms with E-state index in [-0.39, 0.29) is 0 Å². The maximum absolute atomic E-state index is 5.34. The van der Waals surface area contributed by atoms with Gasteiger partial charge in [-0.15, -0.1) is 0 Å². The van der Waals surface area contributed by atoms with Crippen LogP contribution in [-0.2, 0) is 0 Å². The lowest BCUT2D eigenvalue weighted by molar-refractivity contribution is 0.338. The van der Waals surface area contributed by atoms with Crippen molar-refractivity contribution in [1.82, 2.24) is 0 Å². The van der Waals surface area contributed by atoms with Crippen LogP contribution < -0.4 is 16.0 Å². The summed E-state index contributed by atoms with van der Waals surface area (Å²) in [7, 11) is 0. The number of anilines is 1. The van der Waals surface area contributed by atoms with E-state index in [1.165, 1.54) is 0 Å². The van der Waals surface area contributed by atoms with Gasteiger partial charge in [0, 0.05) is 0 Å². The molecule has 0 heterocycles. The second kappa shape index (κ2) is 4.33. The minimum atomic E-state index is 0.645. The molecule has 0 fully saturated rings. The molecule has 0 amide bonds. The van der Waals surface area contributed by atoms with Crippen LogP contribution in [0.4, 0.5) is 5.69 Å². The summed E-state index contributed by atoms with van der Waals surface area (Å²) in [6.07, 6.45) is 0. The summed E-state index contributed by atoms with van der Waals surface area (Å²) >= 11 is 3.37. The highest BCUT2D eigenvalue weighted by Gasteiger charge is 2.03. The van der Waals surface area contributed by atoms with Crippen LogP contribution in [0.2, 0.25) is 0 Å². The molecule has 1 aromatic carbocycles. The summed E-state index contributed by atoms with van der Waals surface area (Å²) in [4.78, 5) is 0. The van der Waals surface area contributed by atoms with E-state index in [1.54, 1.807) is 0 Å². The van der Waals surface area contributed by atoms with Crippen molar-refractivity contribution in [1.29, 1.82) is 0 Å². The van der Waals surface area contributed by atoms with Crippen molar-refractivity contribution in [2.75, 3.05) is 12.0 Å². The van der Waals surface area contributed by atoms with Gasteiger partial charge in [-0.25, -0.2) is 0 Å². The number of ether oxygens (including phenoxy) is 1. The third-order valence-electron chi connectivity index (χ3n) is 1.42. The number of hydrogen-bond donors (Lipinski definition) is 2.